The topological polar surface area (TPSA) is 33.1 Å². The fraction of sp³-hybridized carbons (Fsp3) is 0.118. The van der Waals surface area contributed by atoms with Crippen LogP contribution in [-0.2, 0) is 0 Å². The number of fused-ring (bicyclic) bond motifs is 1. The number of allylic oxidation sites excluding steroid dienone is 4. The lowest BCUT2D eigenvalue weighted by molar-refractivity contribution is 0.415. The third-order valence-electron chi connectivity index (χ3n) is 3.55. The summed E-state index contributed by atoms with van der Waals surface area (Å²) in [5, 5.41) is 9.86. The third kappa shape index (κ3) is 2.34. The Labute approximate surface area is 127 Å². The lowest BCUT2D eigenvalue weighted by Gasteiger charge is -2.17. The Morgan fingerprint density at radius 1 is 1.24 bits per heavy atom. The molecule has 0 aliphatic heterocycles. The van der Waals surface area contributed by atoms with Crippen molar-refractivity contribution in [2.24, 2.45) is 0 Å². The second-order valence-corrected chi connectivity index (χ2v) is 5.23. The lowest BCUT2D eigenvalue weighted by atomic mass is 9.92. The molecule has 0 fully saturated rings. The van der Waals surface area contributed by atoms with Crippen LogP contribution in [0.1, 0.15) is 12.0 Å². The van der Waals surface area contributed by atoms with Crippen LogP contribution in [0.2, 0.25) is 0 Å². The van der Waals surface area contributed by atoms with Crippen LogP contribution in [-0.4, -0.2) is 12.8 Å². The highest BCUT2D eigenvalue weighted by atomic mass is 35.5. The van der Waals surface area contributed by atoms with Gasteiger partial charge < -0.3 is 10.1 Å². The molecule has 2 aromatic rings. The Morgan fingerprint density at radius 3 is 2.76 bits per heavy atom. The molecule has 1 N–H and O–H groups in total. The van der Waals surface area contributed by atoms with Crippen molar-refractivity contribution in [2.75, 3.05) is 7.11 Å². The van der Waals surface area contributed by atoms with Crippen molar-refractivity contribution in [3.8, 4) is 5.75 Å². The van der Waals surface area contributed by atoms with E-state index in [0.29, 0.717) is 16.3 Å². The molecule has 1 aliphatic carbocycles. The van der Waals surface area contributed by atoms with Crippen LogP contribution in [0, 0.1) is 5.41 Å². The number of hydrogen-bond donors (Lipinski definition) is 1. The normalized spacial score (nSPS) is 15.4. The fourth-order valence-corrected chi connectivity index (χ4v) is 2.76. The molecule has 0 atom stereocenters. The van der Waals surface area contributed by atoms with E-state index < -0.39 is 5.83 Å². The summed E-state index contributed by atoms with van der Waals surface area (Å²) in [5.74, 6) is 0.0616. The van der Waals surface area contributed by atoms with Gasteiger partial charge in [-0.2, -0.15) is 0 Å². The summed E-state index contributed by atoms with van der Waals surface area (Å²) in [6.07, 6.45) is 1.88. The average molecular weight is 302 g/mol. The average Bonchev–Trinajstić information content (AvgIpc) is 2.51. The highest BCUT2D eigenvalue weighted by molar-refractivity contribution is 6.39. The molecule has 0 saturated heterocycles. The highest BCUT2D eigenvalue weighted by Crippen LogP contribution is 2.39. The first kappa shape index (κ1) is 13.8. The Kier molecular flexibility index (Phi) is 3.52. The molecule has 0 amide bonds. The van der Waals surface area contributed by atoms with Gasteiger partial charge in [-0.25, -0.2) is 4.39 Å². The van der Waals surface area contributed by atoms with Crippen molar-refractivity contribution in [3.05, 3.63) is 58.9 Å². The standard InChI is InChI=1S/C17H13ClFNO/c1-21-11-8-10-4-2-3-5-12(10)13(9-11)16-14(18)6-7-15(20)17(16)19/h2-6,8-9,20H,7H2,1H3. The van der Waals surface area contributed by atoms with E-state index >= 15 is 0 Å². The number of ether oxygens (including phenoxy) is 1. The summed E-state index contributed by atoms with van der Waals surface area (Å²) in [5.41, 5.74) is 0.859. The van der Waals surface area contributed by atoms with Gasteiger partial charge in [0.2, 0.25) is 0 Å². The first-order valence-electron chi connectivity index (χ1n) is 6.52. The number of halogens is 2. The van der Waals surface area contributed by atoms with Crippen LogP contribution < -0.4 is 4.74 Å². The van der Waals surface area contributed by atoms with Crippen molar-refractivity contribution in [1.29, 1.82) is 5.41 Å². The number of rotatable bonds is 2. The number of hydrogen-bond acceptors (Lipinski definition) is 2. The second-order valence-electron chi connectivity index (χ2n) is 4.82. The smallest absolute Gasteiger partial charge is 0.153 e. The van der Waals surface area contributed by atoms with E-state index in [4.69, 9.17) is 21.7 Å². The third-order valence-corrected chi connectivity index (χ3v) is 3.89. The van der Waals surface area contributed by atoms with E-state index in [0.717, 1.165) is 10.8 Å². The van der Waals surface area contributed by atoms with Gasteiger partial charge in [0, 0.05) is 17.0 Å². The van der Waals surface area contributed by atoms with Gasteiger partial charge in [0.05, 0.1) is 12.8 Å². The molecule has 3 rings (SSSR count). The fourth-order valence-electron chi connectivity index (χ4n) is 2.49. The van der Waals surface area contributed by atoms with Crippen molar-refractivity contribution in [1.82, 2.24) is 0 Å². The summed E-state index contributed by atoms with van der Waals surface area (Å²) in [6.45, 7) is 0. The molecular formula is C17H13ClFNO. The van der Waals surface area contributed by atoms with E-state index in [9.17, 15) is 4.39 Å². The zero-order chi connectivity index (χ0) is 15.0. The molecule has 2 nitrogen and oxygen atoms in total. The van der Waals surface area contributed by atoms with Gasteiger partial charge in [-0.15, -0.1) is 0 Å². The van der Waals surface area contributed by atoms with Gasteiger partial charge in [0.25, 0.3) is 0 Å². The maximum atomic E-state index is 14.4. The molecule has 0 spiro atoms. The molecule has 4 heteroatoms. The molecule has 0 saturated carbocycles. The molecule has 0 unspecified atom stereocenters. The molecule has 106 valence electrons. The van der Waals surface area contributed by atoms with Crippen molar-refractivity contribution in [2.45, 2.75) is 6.42 Å². The van der Waals surface area contributed by atoms with Gasteiger partial charge in [-0.1, -0.05) is 41.9 Å². The maximum absolute atomic E-state index is 14.4. The monoisotopic (exact) mass is 301 g/mol. The number of nitrogens with one attached hydrogen (secondary N) is 1. The first-order chi connectivity index (χ1) is 10.1. The van der Waals surface area contributed by atoms with Crippen molar-refractivity contribution < 1.29 is 9.13 Å². The predicted octanol–water partition coefficient (Wildman–Crippen LogP) is 5.08. The van der Waals surface area contributed by atoms with Gasteiger partial charge in [-0.05, 0) is 28.5 Å². The minimum atomic E-state index is -0.569. The van der Waals surface area contributed by atoms with Crippen LogP contribution in [0.25, 0.3) is 16.3 Å². The molecular weight excluding hydrogens is 289 g/mol. The summed E-state index contributed by atoms with van der Waals surface area (Å²) in [7, 11) is 1.57. The van der Waals surface area contributed by atoms with E-state index in [1.165, 1.54) is 0 Å². The molecule has 21 heavy (non-hydrogen) atoms. The molecule has 0 bridgehead atoms. The molecule has 1 aliphatic rings. The molecule has 0 radical (unpaired) electrons. The van der Waals surface area contributed by atoms with E-state index in [-0.39, 0.29) is 17.7 Å². The Balaban J connectivity index is 2.36. The largest absolute Gasteiger partial charge is 0.497 e. The zero-order valence-electron chi connectivity index (χ0n) is 11.4. The predicted molar refractivity (Wildman–Crippen MR) is 84.8 cm³/mol. The van der Waals surface area contributed by atoms with Crippen LogP contribution in [0.5, 0.6) is 5.75 Å². The summed E-state index contributed by atoms with van der Waals surface area (Å²) >= 11 is 6.20. The Morgan fingerprint density at radius 2 is 2.00 bits per heavy atom. The van der Waals surface area contributed by atoms with Gasteiger partial charge in [-0.3, -0.25) is 0 Å². The van der Waals surface area contributed by atoms with Crippen LogP contribution in [0.3, 0.4) is 0 Å². The highest BCUT2D eigenvalue weighted by Gasteiger charge is 2.22. The maximum Gasteiger partial charge on any atom is 0.153 e. The van der Waals surface area contributed by atoms with E-state index in [2.05, 4.69) is 0 Å². The Bertz CT molecular complexity index is 808. The quantitative estimate of drug-likeness (QED) is 0.825. The first-order valence-corrected chi connectivity index (χ1v) is 6.90. The SMILES string of the molecule is COc1cc(C2=C(F)C(=N)CC=C2Cl)c2ccccc2c1. The second kappa shape index (κ2) is 5.34. The van der Waals surface area contributed by atoms with Gasteiger partial charge in [0.15, 0.2) is 5.83 Å². The summed E-state index contributed by atoms with van der Waals surface area (Å²) < 4.78 is 19.7. The van der Waals surface area contributed by atoms with Gasteiger partial charge >= 0.3 is 0 Å². The number of benzene rings is 2. The minimum Gasteiger partial charge on any atom is -0.497 e. The van der Waals surface area contributed by atoms with Crippen LogP contribution >= 0.6 is 11.6 Å². The van der Waals surface area contributed by atoms with Crippen molar-refractivity contribution in [3.63, 3.8) is 0 Å². The summed E-state index contributed by atoms with van der Waals surface area (Å²) in [4.78, 5) is 0. The molecule has 0 heterocycles. The lowest BCUT2D eigenvalue weighted by Crippen LogP contribution is -2.05. The van der Waals surface area contributed by atoms with Crippen molar-refractivity contribution >= 4 is 33.7 Å². The van der Waals surface area contributed by atoms with E-state index in [1.54, 1.807) is 19.3 Å². The molecule has 0 aromatic heterocycles. The Hall–Kier alpha value is -2.13. The molecule has 2 aromatic carbocycles. The van der Waals surface area contributed by atoms with Gasteiger partial charge in [0.1, 0.15) is 5.75 Å². The minimum absolute atomic E-state index is 0.0544. The zero-order valence-corrected chi connectivity index (χ0v) is 12.2. The van der Waals surface area contributed by atoms with Crippen LogP contribution in [0.4, 0.5) is 4.39 Å². The summed E-state index contributed by atoms with van der Waals surface area (Å²) in [6, 6.07) is 11.3. The number of methoxy groups -OCH3 is 1. The van der Waals surface area contributed by atoms with E-state index in [1.807, 2.05) is 30.3 Å². The van der Waals surface area contributed by atoms with Crippen LogP contribution in [0.15, 0.2) is 53.3 Å².